The number of methoxy groups -OCH3 is 1. The third-order valence-electron chi connectivity index (χ3n) is 8.12. The van der Waals surface area contributed by atoms with E-state index in [2.05, 4.69) is 20.8 Å². The van der Waals surface area contributed by atoms with Gasteiger partial charge in [0.25, 0.3) is 10.1 Å². The van der Waals surface area contributed by atoms with E-state index in [1.54, 1.807) is 38.3 Å². The topological polar surface area (TPSA) is 107 Å². The van der Waals surface area contributed by atoms with Gasteiger partial charge in [-0.15, -0.1) is 0 Å². The van der Waals surface area contributed by atoms with Crippen LogP contribution < -0.4 is 0 Å². The molecule has 1 fully saturated rings. The summed E-state index contributed by atoms with van der Waals surface area (Å²) in [6.07, 6.45) is 3.12. The Hall–Kier alpha value is -1.56. The Balaban J connectivity index is 2.35. The molecule has 0 bridgehead atoms. The second-order valence-corrected chi connectivity index (χ2v) is 13.7. The Morgan fingerprint density at radius 2 is 1.60 bits per heavy atom. The van der Waals surface area contributed by atoms with Crippen LogP contribution in [0.15, 0.2) is 29.2 Å². The summed E-state index contributed by atoms with van der Waals surface area (Å²) >= 11 is 0. The Bertz CT molecular complexity index is 1020. The van der Waals surface area contributed by atoms with Crippen LogP contribution in [0.2, 0.25) is 0 Å². The van der Waals surface area contributed by atoms with E-state index in [-0.39, 0.29) is 48.1 Å². The second-order valence-electron chi connectivity index (χ2n) is 12.1. The van der Waals surface area contributed by atoms with Crippen molar-refractivity contribution in [2.75, 3.05) is 40.3 Å². The molecule has 1 aliphatic heterocycles. The molecule has 2 rings (SSSR count). The van der Waals surface area contributed by atoms with Crippen LogP contribution in [0.4, 0.5) is 0 Å². The summed E-state index contributed by atoms with van der Waals surface area (Å²) in [5.74, 6) is -1.17. The monoisotopic (exact) mass is 614 g/mol. The molecule has 1 aromatic carbocycles. The van der Waals surface area contributed by atoms with E-state index in [1.165, 1.54) is 0 Å². The van der Waals surface area contributed by atoms with Gasteiger partial charge in [-0.3, -0.25) is 8.98 Å². The molecule has 0 saturated carbocycles. The Morgan fingerprint density at radius 1 is 0.952 bits per heavy atom. The quantitative estimate of drug-likeness (QED) is 0.0974. The minimum atomic E-state index is -3.93. The molecule has 1 heterocycles. The maximum Gasteiger partial charge on any atom is 0.308 e. The Morgan fingerprint density at radius 3 is 2.17 bits per heavy atom. The summed E-state index contributed by atoms with van der Waals surface area (Å²) < 4.78 is 60.2. The van der Waals surface area contributed by atoms with Gasteiger partial charge in [0.05, 0.1) is 43.3 Å². The van der Waals surface area contributed by atoms with Crippen LogP contribution >= 0.6 is 0 Å². The van der Waals surface area contributed by atoms with Crippen molar-refractivity contribution >= 4 is 16.1 Å². The van der Waals surface area contributed by atoms with E-state index in [0.29, 0.717) is 51.4 Å². The third kappa shape index (κ3) is 11.5. The molecule has 1 aromatic rings. The van der Waals surface area contributed by atoms with E-state index < -0.39 is 21.8 Å². The highest BCUT2D eigenvalue weighted by Gasteiger charge is 2.43. The highest BCUT2D eigenvalue weighted by atomic mass is 32.2. The third-order valence-corrected chi connectivity index (χ3v) is 9.45. The van der Waals surface area contributed by atoms with Crippen molar-refractivity contribution in [3.63, 3.8) is 0 Å². The molecule has 42 heavy (non-hydrogen) atoms. The lowest BCUT2D eigenvalue weighted by Crippen LogP contribution is -2.39. The second kappa shape index (κ2) is 17.7. The Kier molecular flexibility index (Phi) is 15.4. The van der Waals surface area contributed by atoms with Gasteiger partial charge in [0, 0.05) is 20.0 Å². The van der Waals surface area contributed by atoms with Gasteiger partial charge >= 0.3 is 5.97 Å². The standard InChI is InChI=1S/C32H54O9S/c1-9-37-31(33)27(7)30(15-12-26(6)38-22-36-8)29(25(5)21-32(20-23(2)3)39-18-19-40-32)16-17-41-42(34,35)28-13-10-24(4)11-14-28/h10-11,13-14,23,25-27,29-30H,9,12,15-22H2,1-8H3/t25-,26-,27?,29-,30+/m1/s1. The number of carbonyl (C=O) groups is 1. The lowest BCUT2D eigenvalue weighted by atomic mass is 9.70. The maximum atomic E-state index is 13.1. The lowest BCUT2D eigenvalue weighted by Gasteiger charge is -2.39. The average molecular weight is 615 g/mol. The van der Waals surface area contributed by atoms with Crippen LogP contribution in [0, 0.1) is 36.5 Å². The molecule has 0 radical (unpaired) electrons. The van der Waals surface area contributed by atoms with Crippen molar-refractivity contribution in [1.29, 1.82) is 0 Å². The number of esters is 1. The fourth-order valence-electron chi connectivity index (χ4n) is 6.05. The molecule has 10 heteroatoms. The van der Waals surface area contributed by atoms with E-state index in [1.807, 2.05) is 20.8 Å². The molecular weight excluding hydrogens is 560 g/mol. The van der Waals surface area contributed by atoms with Gasteiger partial charge in [0.15, 0.2) is 5.79 Å². The van der Waals surface area contributed by atoms with Crippen molar-refractivity contribution in [2.24, 2.45) is 29.6 Å². The minimum absolute atomic E-state index is 0.00805. The van der Waals surface area contributed by atoms with Crippen LogP contribution in [0.25, 0.3) is 0 Å². The van der Waals surface area contributed by atoms with Crippen molar-refractivity contribution in [1.82, 2.24) is 0 Å². The van der Waals surface area contributed by atoms with Gasteiger partial charge in [-0.05, 0) is 75.8 Å². The van der Waals surface area contributed by atoms with E-state index >= 15 is 0 Å². The van der Waals surface area contributed by atoms with Crippen LogP contribution in [-0.4, -0.2) is 66.6 Å². The Labute approximate surface area is 254 Å². The summed E-state index contributed by atoms with van der Waals surface area (Å²) in [4.78, 5) is 13.2. The molecule has 242 valence electrons. The summed E-state index contributed by atoms with van der Waals surface area (Å²) in [5, 5.41) is 0. The number of benzene rings is 1. The first-order valence-corrected chi connectivity index (χ1v) is 16.8. The van der Waals surface area contributed by atoms with E-state index in [0.717, 1.165) is 12.0 Å². The smallest absolute Gasteiger partial charge is 0.308 e. The number of hydrogen-bond donors (Lipinski definition) is 0. The van der Waals surface area contributed by atoms with Gasteiger partial charge in [-0.25, -0.2) is 0 Å². The normalized spacial score (nSPS) is 18.9. The SMILES string of the molecule is CCOC(=O)C(C)[C@H](CC[C@@H](C)OCOC)[C@H](CCOS(=O)(=O)c1ccc(C)cc1)[C@H](C)CC1(CC(C)C)OCCO1. The van der Waals surface area contributed by atoms with E-state index in [9.17, 15) is 13.2 Å². The fourth-order valence-corrected chi connectivity index (χ4v) is 6.97. The molecule has 9 nitrogen and oxygen atoms in total. The minimum Gasteiger partial charge on any atom is -0.466 e. The highest BCUT2D eigenvalue weighted by molar-refractivity contribution is 7.86. The van der Waals surface area contributed by atoms with Crippen molar-refractivity contribution in [3.8, 4) is 0 Å². The first kappa shape index (κ1) is 36.6. The molecule has 1 aliphatic rings. The first-order valence-electron chi connectivity index (χ1n) is 15.3. The van der Waals surface area contributed by atoms with Crippen LogP contribution in [-0.2, 0) is 42.8 Å². The summed E-state index contributed by atoms with van der Waals surface area (Å²) in [5.41, 5.74) is 0.967. The maximum absolute atomic E-state index is 13.1. The van der Waals surface area contributed by atoms with Crippen LogP contribution in [0.1, 0.15) is 79.2 Å². The van der Waals surface area contributed by atoms with Gasteiger partial charge in [0.2, 0.25) is 0 Å². The zero-order valence-corrected chi connectivity index (χ0v) is 27.7. The van der Waals surface area contributed by atoms with Crippen LogP contribution in [0.3, 0.4) is 0 Å². The molecule has 0 spiro atoms. The van der Waals surface area contributed by atoms with Crippen molar-refractivity contribution in [2.45, 2.75) is 97.4 Å². The summed E-state index contributed by atoms with van der Waals surface area (Å²) in [6.45, 7) is 15.6. The average Bonchev–Trinajstić information content (AvgIpc) is 3.37. The highest BCUT2D eigenvalue weighted by Crippen LogP contribution is 2.42. The number of carbonyl (C=O) groups excluding carboxylic acids is 1. The number of ether oxygens (including phenoxy) is 5. The zero-order valence-electron chi connectivity index (χ0n) is 26.9. The van der Waals surface area contributed by atoms with Gasteiger partial charge in [-0.1, -0.05) is 45.4 Å². The zero-order chi connectivity index (χ0) is 31.3. The summed E-state index contributed by atoms with van der Waals surface area (Å²) in [6, 6.07) is 6.62. The number of aryl methyl sites for hydroxylation is 1. The van der Waals surface area contributed by atoms with Gasteiger partial charge in [-0.2, -0.15) is 8.42 Å². The van der Waals surface area contributed by atoms with Gasteiger partial charge in [0.1, 0.15) is 6.79 Å². The van der Waals surface area contributed by atoms with Crippen LogP contribution in [0.5, 0.6) is 0 Å². The fraction of sp³-hybridized carbons (Fsp3) is 0.781. The predicted molar refractivity (Wildman–Crippen MR) is 161 cm³/mol. The molecule has 0 aliphatic carbocycles. The predicted octanol–water partition coefficient (Wildman–Crippen LogP) is 6.13. The number of hydrogen-bond acceptors (Lipinski definition) is 9. The molecule has 1 saturated heterocycles. The van der Waals surface area contributed by atoms with Crippen molar-refractivity contribution in [3.05, 3.63) is 29.8 Å². The molecular formula is C32H54O9S. The van der Waals surface area contributed by atoms with E-state index in [4.69, 9.17) is 27.9 Å². The number of rotatable bonds is 20. The molecule has 0 aromatic heterocycles. The molecule has 0 N–H and O–H groups in total. The molecule has 1 unspecified atom stereocenters. The lowest BCUT2D eigenvalue weighted by molar-refractivity contribution is -0.184. The first-order chi connectivity index (χ1) is 19.8. The molecule has 5 atom stereocenters. The van der Waals surface area contributed by atoms with Crippen molar-refractivity contribution < 1.29 is 41.1 Å². The largest absolute Gasteiger partial charge is 0.466 e. The molecule has 0 amide bonds. The summed E-state index contributed by atoms with van der Waals surface area (Å²) in [7, 11) is -2.35. The van der Waals surface area contributed by atoms with Gasteiger partial charge < -0.3 is 23.7 Å².